The Balaban J connectivity index is 1.33. The molecule has 0 aromatic carbocycles. The Bertz CT molecular complexity index is 647. The van der Waals surface area contributed by atoms with Crippen molar-refractivity contribution in [2.45, 2.75) is 111 Å². The molecule has 0 amide bonds. The fraction of sp³-hybridized carbons (Fsp3) is 0.926. The van der Waals surface area contributed by atoms with Crippen molar-refractivity contribution in [3.05, 3.63) is 11.6 Å². The summed E-state index contributed by atoms with van der Waals surface area (Å²) < 4.78 is 0. The third-order valence-electron chi connectivity index (χ3n) is 11.2. The average molecular weight is 385 g/mol. The molecule has 0 aliphatic heterocycles. The van der Waals surface area contributed by atoms with E-state index in [-0.39, 0.29) is 6.10 Å². The third-order valence-corrected chi connectivity index (χ3v) is 11.2. The maximum Gasteiger partial charge on any atom is 0.0543 e. The lowest BCUT2D eigenvalue weighted by molar-refractivity contribution is -0.0827. The summed E-state index contributed by atoms with van der Waals surface area (Å²) in [6.45, 7) is 9.76. The number of allylic oxidation sites excluding steroid dienone is 2. The monoisotopic (exact) mass is 384 g/mol. The summed E-state index contributed by atoms with van der Waals surface area (Å²) in [5.41, 5.74) is 3.48. The molecule has 1 heteroatoms. The highest BCUT2D eigenvalue weighted by Crippen LogP contribution is 2.85. The number of hydrogen-bond donors (Lipinski definition) is 1. The lowest BCUT2D eigenvalue weighted by atomic mass is 9.49. The first-order chi connectivity index (χ1) is 13.3. The van der Waals surface area contributed by atoms with Gasteiger partial charge in [-0.05, 0) is 137 Å². The van der Waals surface area contributed by atoms with E-state index in [1.807, 2.05) is 0 Å². The number of hydrogen-bond acceptors (Lipinski definition) is 1. The minimum absolute atomic E-state index is 0.0104. The van der Waals surface area contributed by atoms with E-state index in [2.05, 4.69) is 33.8 Å². The molecule has 1 nitrogen and oxygen atoms in total. The molecule has 0 radical (unpaired) electrons. The molecule has 5 saturated carbocycles. The molecule has 5 aliphatic carbocycles. The molecule has 5 fully saturated rings. The van der Waals surface area contributed by atoms with Crippen molar-refractivity contribution in [2.75, 3.05) is 0 Å². The first-order valence-electron chi connectivity index (χ1n) is 12.6. The van der Waals surface area contributed by atoms with Gasteiger partial charge in [-0.25, -0.2) is 0 Å². The van der Waals surface area contributed by atoms with Gasteiger partial charge < -0.3 is 5.11 Å². The normalized spacial score (nSPS) is 52.7. The maximum absolute atomic E-state index is 10.3. The molecule has 0 saturated heterocycles. The van der Waals surface area contributed by atoms with Gasteiger partial charge in [0, 0.05) is 0 Å². The fourth-order valence-corrected chi connectivity index (χ4v) is 9.96. The van der Waals surface area contributed by atoms with Crippen molar-refractivity contribution in [3.63, 3.8) is 0 Å². The first-order valence-corrected chi connectivity index (χ1v) is 12.6. The lowest BCUT2D eigenvalue weighted by Crippen LogP contribution is -2.49. The van der Waals surface area contributed by atoms with Crippen molar-refractivity contribution < 1.29 is 5.11 Å². The molecule has 0 aromatic rings. The smallest absolute Gasteiger partial charge is 0.0543 e. The first kappa shape index (κ1) is 19.7. The standard InChI is InChI=1S/C27H44O/c1-18(2)6-5-7-19(3)22-10-11-23-24-9-8-20-16-21(28)12-13-26(20)17-27(24,26)15-14-25(22,23)4/h6,19-24,28H,5,7-17H2,1-4H3/t19-,20+,21+,22-,23+,24+,25-,26?,27?/m1/s1. The number of rotatable bonds is 4. The van der Waals surface area contributed by atoms with E-state index >= 15 is 0 Å². The molecule has 158 valence electrons. The Kier molecular flexibility index (Phi) is 4.63. The summed E-state index contributed by atoms with van der Waals surface area (Å²) in [6.07, 6.45) is 19.2. The molecular weight excluding hydrogens is 340 g/mol. The van der Waals surface area contributed by atoms with Gasteiger partial charge in [-0.2, -0.15) is 0 Å². The quantitative estimate of drug-likeness (QED) is 0.511. The summed E-state index contributed by atoms with van der Waals surface area (Å²) in [5, 5.41) is 10.3. The molecule has 2 spiro atoms. The van der Waals surface area contributed by atoms with E-state index in [4.69, 9.17) is 0 Å². The Labute approximate surface area is 173 Å². The zero-order chi connectivity index (χ0) is 19.7. The summed E-state index contributed by atoms with van der Waals surface area (Å²) in [4.78, 5) is 0. The highest BCUT2D eigenvalue weighted by molar-refractivity contribution is 5.26. The van der Waals surface area contributed by atoms with Gasteiger partial charge in [0.05, 0.1) is 6.10 Å². The third kappa shape index (κ3) is 2.60. The van der Waals surface area contributed by atoms with Gasteiger partial charge >= 0.3 is 0 Å². The molecule has 0 heterocycles. The van der Waals surface area contributed by atoms with Crippen LogP contribution in [0.3, 0.4) is 0 Å². The van der Waals surface area contributed by atoms with Crippen molar-refractivity contribution in [3.8, 4) is 0 Å². The molecule has 2 unspecified atom stereocenters. The van der Waals surface area contributed by atoms with Gasteiger partial charge in [0.15, 0.2) is 0 Å². The largest absolute Gasteiger partial charge is 0.393 e. The van der Waals surface area contributed by atoms with E-state index in [0.29, 0.717) is 16.2 Å². The minimum atomic E-state index is 0.0104. The van der Waals surface area contributed by atoms with E-state index in [1.165, 1.54) is 69.8 Å². The highest BCUT2D eigenvalue weighted by atomic mass is 16.3. The van der Waals surface area contributed by atoms with Crippen LogP contribution in [0.2, 0.25) is 0 Å². The second-order valence-corrected chi connectivity index (χ2v) is 12.4. The molecule has 1 N–H and O–H groups in total. The van der Waals surface area contributed by atoms with Gasteiger partial charge in [0.25, 0.3) is 0 Å². The number of aliphatic hydroxyl groups excluding tert-OH is 1. The van der Waals surface area contributed by atoms with E-state index in [9.17, 15) is 5.11 Å². The highest BCUT2D eigenvalue weighted by Gasteiger charge is 2.78. The lowest BCUT2D eigenvalue weighted by Gasteiger charge is -2.56. The summed E-state index contributed by atoms with van der Waals surface area (Å²) in [6, 6.07) is 0. The van der Waals surface area contributed by atoms with Crippen molar-refractivity contribution >= 4 is 0 Å². The van der Waals surface area contributed by atoms with Crippen molar-refractivity contribution in [2.24, 2.45) is 45.8 Å². The molecule has 9 atom stereocenters. The van der Waals surface area contributed by atoms with Crippen LogP contribution in [0.15, 0.2) is 11.6 Å². The summed E-state index contributed by atoms with van der Waals surface area (Å²) in [5.74, 6) is 4.73. The van der Waals surface area contributed by atoms with Crippen LogP contribution in [0.1, 0.15) is 105 Å². The molecule has 5 rings (SSSR count). The molecule has 28 heavy (non-hydrogen) atoms. The SMILES string of the molecule is CC(C)=CCC[C@@H](C)[C@H]1CC[C@H]2[C@@H]3CC[C@H]4C[C@@H](O)CCC45CC35CC[C@]12C. The van der Waals surface area contributed by atoms with E-state index in [0.717, 1.165) is 42.4 Å². The Morgan fingerprint density at radius 1 is 1.00 bits per heavy atom. The van der Waals surface area contributed by atoms with E-state index in [1.54, 1.807) is 0 Å². The van der Waals surface area contributed by atoms with Crippen LogP contribution in [-0.4, -0.2) is 11.2 Å². The predicted octanol–water partition coefficient (Wildman–Crippen LogP) is 7.14. The molecular formula is C27H44O. The summed E-state index contributed by atoms with van der Waals surface area (Å²) in [7, 11) is 0. The molecule has 5 aliphatic rings. The van der Waals surface area contributed by atoms with Gasteiger partial charge in [-0.1, -0.05) is 25.5 Å². The van der Waals surface area contributed by atoms with Gasteiger partial charge in [0.1, 0.15) is 0 Å². The molecule has 0 aromatic heterocycles. The number of aliphatic hydroxyl groups is 1. The van der Waals surface area contributed by atoms with Gasteiger partial charge in [0.2, 0.25) is 0 Å². The Hall–Kier alpha value is -0.300. The fourth-order valence-electron chi connectivity index (χ4n) is 9.96. The second-order valence-electron chi connectivity index (χ2n) is 12.4. The minimum Gasteiger partial charge on any atom is -0.393 e. The van der Waals surface area contributed by atoms with Crippen LogP contribution in [0, 0.1) is 45.8 Å². The maximum atomic E-state index is 10.3. The van der Waals surface area contributed by atoms with E-state index < -0.39 is 0 Å². The zero-order valence-corrected chi connectivity index (χ0v) is 19.0. The van der Waals surface area contributed by atoms with Crippen LogP contribution >= 0.6 is 0 Å². The second kappa shape index (κ2) is 6.60. The van der Waals surface area contributed by atoms with Crippen molar-refractivity contribution in [1.29, 1.82) is 0 Å². The van der Waals surface area contributed by atoms with Gasteiger partial charge in [-0.3, -0.25) is 0 Å². The average Bonchev–Trinajstić information content (AvgIpc) is 3.18. The molecule has 0 bridgehead atoms. The van der Waals surface area contributed by atoms with Crippen LogP contribution in [0.4, 0.5) is 0 Å². The van der Waals surface area contributed by atoms with Crippen LogP contribution < -0.4 is 0 Å². The number of fused-ring (bicyclic) bond motifs is 2. The predicted molar refractivity (Wildman–Crippen MR) is 117 cm³/mol. The topological polar surface area (TPSA) is 20.2 Å². The van der Waals surface area contributed by atoms with Gasteiger partial charge in [-0.15, -0.1) is 0 Å². The summed E-state index contributed by atoms with van der Waals surface area (Å²) >= 11 is 0. The van der Waals surface area contributed by atoms with Crippen molar-refractivity contribution in [1.82, 2.24) is 0 Å². The van der Waals surface area contributed by atoms with Crippen LogP contribution in [-0.2, 0) is 0 Å². The Morgan fingerprint density at radius 3 is 2.57 bits per heavy atom. The van der Waals surface area contributed by atoms with Crippen LogP contribution in [0.5, 0.6) is 0 Å². The zero-order valence-electron chi connectivity index (χ0n) is 19.0. The Morgan fingerprint density at radius 2 is 1.79 bits per heavy atom. The van der Waals surface area contributed by atoms with Crippen LogP contribution in [0.25, 0.3) is 0 Å².